The Labute approximate surface area is 127 Å². The van der Waals surface area contributed by atoms with Crippen LogP contribution in [0.3, 0.4) is 0 Å². The first-order valence-electron chi connectivity index (χ1n) is 7.60. The highest BCUT2D eigenvalue weighted by atomic mass is 16.2. The Morgan fingerprint density at radius 3 is 2.62 bits per heavy atom. The lowest BCUT2D eigenvalue weighted by molar-refractivity contribution is -0.130. The number of likely N-dealkylation sites (tertiary alicyclic amines) is 1. The van der Waals surface area contributed by atoms with Crippen molar-refractivity contribution in [2.45, 2.75) is 32.4 Å². The van der Waals surface area contributed by atoms with Crippen molar-refractivity contribution in [1.29, 1.82) is 0 Å². The number of hydrogen-bond acceptors (Lipinski definition) is 4. The van der Waals surface area contributed by atoms with E-state index in [4.69, 9.17) is 0 Å². The lowest BCUT2D eigenvalue weighted by Gasteiger charge is -2.32. The number of nitrogens with zero attached hydrogens (tertiary/aromatic N) is 4. The molecule has 1 N–H and O–H groups in total. The fraction of sp³-hybridized carbons (Fsp3) is 0.733. The number of hydrogen-bond donors (Lipinski definition) is 1. The molecule has 1 aromatic heterocycles. The summed E-state index contributed by atoms with van der Waals surface area (Å²) in [4.78, 5) is 15.6. The number of rotatable bonds is 5. The monoisotopic (exact) mass is 293 g/mol. The van der Waals surface area contributed by atoms with Crippen LogP contribution in [0.5, 0.6) is 0 Å². The molecule has 0 atom stereocenters. The quantitative estimate of drug-likeness (QED) is 0.852. The molecule has 21 heavy (non-hydrogen) atoms. The van der Waals surface area contributed by atoms with Crippen molar-refractivity contribution in [2.24, 2.45) is 7.05 Å². The Balaban J connectivity index is 1.72. The first kappa shape index (κ1) is 16.0. The maximum Gasteiger partial charge on any atom is 0.236 e. The molecule has 1 aliphatic rings. The van der Waals surface area contributed by atoms with E-state index in [1.165, 1.54) is 5.56 Å². The van der Waals surface area contributed by atoms with Gasteiger partial charge in [0.05, 0.1) is 12.2 Å². The van der Waals surface area contributed by atoms with Gasteiger partial charge >= 0.3 is 0 Å². The van der Waals surface area contributed by atoms with Gasteiger partial charge < -0.3 is 10.2 Å². The number of carbonyl (C=O) groups excluding carboxylic acids is 1. The smallest absolute Gasteiger partial charge is 0.236 e. The van der Waals surface area contributed by atoms with Gasteiger partial charge in [0.25, 0.3) is 0 Å². The average Bonchev–Trinajstić information content (AvgIpc) is 2.76. The van der Waals surface area contributed by atoms with E-state index >= 15 is 0 Å². The van der Waals surface area contributed by atoms with Crippen molar-refractivity contribution in [1.82, 2.24) is 24.9 Å². The summed E-state index contributed by atoms with van der Waals surface area (Å²) in [5, 5.41) is 7.98. The third kappa shape index (κ3) is 4.54. The molecule has 1 saturated heterocycles. The second kappa shape index (κ2) is 7.04. The molecule has 1 aliphatic heterocycles. The van der Waals surface area contributed by atoms with E-state index in [-0.39, 0.29) is 5.91 Å². The molecular weight excluding hydrogens is 266 g/mol. The Hall–Kier alpha value is -1.40. The van der Waals surface area contributed by atoms with Crippen LogP contribution in [0.15, 0.2) is 6.20 Å². The maximum absolute atomic E-state index is 11.7. The Bertz CT molecular complexity index is 474. The summed E-state index contributed by atoms with van der Waals surface area (Å²) >= 11 is 0. The lowest BCUT2D eigenvalue weighted by Crippen LogP contribution is -2.45. The van der Waals surface area contributed by atoms with Crippen LogP contribution >= 0.6 is 0 Å². The van der Waals surface area contributed by atoms with Crippen molar-refractivity contribution in [3.8, 4) is 0 Å². The molecule has 1 amide bonds. The number of carbonyl (C=O) groups is 1. The van der Waals surface area contributed by atoms with E-state index in [0.29, 0.717) is 12.6 Å². The van der Waals surface area contributed by atoms with E-state index in [1.807, 2.05) is 32.7 Å². The SMILES string of the molecule is Cc1nn(C)cc1CNC1CCN(CC(=O)N(C)C)CC1. The summed E-state index contributed by atoms with van der Waals surface area (Å²) in [5.74, 6) is 0.187. The number of likely N-dealkylation sites (N-methyl/N-ethyl adjacent to an activating group) is 1. The number of piperidine rings is 1. The number of nitrogens with one attached hydrogen (secondary N) is 1. The Kier molecular flexibility index (Phi) is 5.36. The zero-order chi connectivity index (χ0) is 15.4. The zero-order valence-electron chi connectivity index (χ0n) is 13.6. The largest absolute Gasteiger partial charge is 0.348 e. The van der Waals surface area contributed by atoms with Crippen LogP contribution in [-0.2, 0) is 18.4 Å². The van der Waals surface area contributed by atoms with Crippen LogP contribution in [0.25, 0.3) is 0 Å². The predicted molar refractivity (Wildman–Crippen MR) is 82.9 cm³/mol. The lowest BCUT2D eigenvalue weighted by atomic mass is 10.0. The van der Waals surface area contributed by atoms with E-state index in [2.05, 4.69) is 21.5 Å². The molecule has 1 aromatic rings. The predicted octanol–water partition coefficient (Wildman–Crippen LogP) is 0.371. The van der Waals surface area contributed by atoms with Crippen molar-refractivity contribution in [2.75, 3.05) is 33.7 Å². The van der Waals surface area contributed by atoms with Crippen molar-refractivity contribution < 1.29 is 4.79 Å². The molecule has 0 bridgehead atoms. The standard InChI is InChI=1S/C15H27N5O/c1-12-13(10-19(4)17-12)9-16-14-5-7-20(8-6-14)11-15(21)18(2)3/h10,14,16H,5-9,11H2,1-4H3. The van der Waals surface area contributed by atoms with Gasteiger partial charge in [0.15, 0.2) is 0 Å². The number of aromatic nitrogens is 2. The third-order valence-electron chi connectivity index (χ3n) is 4.14. The van der Waals surface area contributed by atoms with Crippen LogP contribution in [0.4, 0.5) is 0 Å². The molecule has 6 heteroatoms. The number of amides is 1. The van der Waals surface area contributed by atoms with Crippen LogP contribution in [0.2, 0.25) is 0 Å². The first-order valence-corrected chi connectivity index (χ1v) is 7.60. The molecule has 0 saturated carbocycles. The molecule has 2 heterocycles. The molecule has 0 aromatic carbocycles. The molecule has 0 aliphatic carbocycles. The summed E-state index contributed by atoms with van der Waals surface area (Å²) in [6.07, 6.45) is 4.27. The second-order valence-electron chi connectivity index (χ2n) is 6.13. The first-order chi connectivity index (χ1) is 9.95. The minimum atomic E-state index is 0.187. The molecule has 118 valence electrons. The van der Waals surface area contributed by atoms with Gasteiger partial charge in [-0.1, -0.05) is 0 Å². The summed E-state index contributed by atoms with van der Waals surface area (Å²) in [6, 6.07) is 0.537. The van der Waals surface area contributed by atoms with Crippen LogP contribution in [-0.4, -0.2) is 65.3 Å². The van der Waals surface area contributed by atoms with E-state index in [0.717, 1.165) is 38.2 Å². The minimum absolute atomic E-state index is 0.187. The van der Waals surface area contributed by atoms with Crippen molar-refractivity contribution in [3.05, 3.63) is 17.5 Å². The minimum Gasteiger partial charge on any atom is -0.348 e. The molecule has 2 rings (SSSR count). The van der Waals surface area contributed by atoms with Gasteiger partial charge in [0.1, 0.15) is 0 Å². The third-order valence-corrected chi connectivity index (χ3v) is 4.14. The van der Waals surface area contributed by atoms with E-state index in [1.54, 1.807) is 4.90 Å². The summed E-state index contributed by atoms with van der Waals surface area (Å²) < 4.78 is 1.86. The van der Waals surface area contributed by atoms with E-state index < -0.39 is 0 Å². The Morgan fingerprint density at radius 1 is 1.43 bits per heavy atom. The van der Waals surface area contributed by atoms with Crippen LogP contribution in [0, 0.1) is 6.92 Å². The van der Waals surface area contributed by atoms with Gasteiger partial charge in [0.2, 0.25) is 5.91 Å². The highest BCUT2D eigenvalue weighted by Gasteiger charge is 2.21. The summed E-state index contributed by atoms with van der Waals surface area (Å²) in [6.45, 7) is 5.45. The zero-order valence-corrected chi connectivity index (χ0v) is 13.6. The molecular formula is C15H27N5O. The summed E-state index contributed by atoms with van der Waals surface area (Å²) in [5.41, 5.74) is 2.36. The normalized spacial score (nSPS) is 17.1. The molecule has 1 fully saturated rings. The van der Waals surface area contributed by atoms with Gasteiger partial charge in [-0.3, -0.25) is 14.4 Å². The number of aryl methyl sites for hydroxylation is 2. The van der Waals surface area contributed by atoms with Gasteiger partial charge in [-0.25, -0.2) is 0 Å². The summed E-state index contributed by atoms with van der Waals surface area (Å²) in [7, 11) is 5.58. The van der Waals surface area contributed by atoms with Gasteiger partial charge in [-0.05, 0) is 19.8 Å². The maximum atomic E-state index is 11.7. The molecule has 0 radical (unpaired) electrons. The molecule has 0 unspecified atom stereocenters. The average molecular weight is 293 g/mol. The highest BCUT2D eigenvalue weighted by Crippen LogP contribution is 2.12. The van der Waals surface area contributed by atoms with E-state index in [9.17, 15) is 4.79 Å². The van der Waals surface area contributed by atoms with Gasteiger partial charge in [0, 0.05) is 58.6 Å². The van der Waals surface area contributed by atoms with Crippen molar-refractivity contribution >= 4 is 5.91 Å². The second-order valence-corrected chi connectivity index (χ2v) is 6.13. The van der Waals surface area contributed by atoms with Gasteiger partial charge in [-0.2, -0.15) is 5.10 Å². The fourth-order valence-electron chi connectivity index (χ4n) is 2.70. The topological polar surface area (TPSA) is 53.4 Å². The Morgan fingerprint density at radius 2 is 2.10 bits per heavy atom. The molecule has 0 spiro atoms. The van der Waals surface area contributed by atoms with Crippen LogP contribution in [0.1, 0.15) is 24.1 Å². The fourth-order valence-corrected chi connectivity index (χ4v) is 2.70. The van der Waals surface area contributed by atoms with Crippen molar-refractivity contribution in [3.63, 3.8) is 0 Å². The van der Waals surface area contributed by atoms with Crippen LogP contribution < -0.4 is 5.32 Å². The van der Waals surface area contributed by atoms with Gasteiger partial charge in [-0.15, -0.1) is 0 Å². The molecule has 6 nitrogen and oxygen atoms in total. The highest BCUT2D eigenvalue weighted by molar-refractivity contribution is 5.77.